The average Bonchev–Trinajstić information content (AvgIpc) is 2.70. The molecule has 1 fully saturated rings. The quantitative estimate of drug-likeness (QED) is 0.797. The van der Waals surface area contributed by atoms with E-state index in [0.29, 0.717) is 42.3 Å². The summed E-state index contributed by atoms with van der Waals surface area (Å²) in [6.07, 6.45) is 2.18. The molecule has 2 unspecified atom stereocenters. The van der Waals surface area contributed by atoms with Gasteiger partial charge >= 0.3 is 6.09 Å². The highest BCUT2D eigenvalue weighted by Crippen LogP contribution is 2.48. The number of pyridine rings is 1. The van der Waals surface area contributed by atoms with Gasteiger partial charge in [0.1, 0.15) is 19.0 Å². The van der Waals surface area contributed by atoms with Gasteiger partial charge in [-0.05, 0) is 44.0 Å². The molecule has 29 heavy (non-hydrogen) atoms. The van der Waals surface area contributed by atoms with Gasteiger partial charge in [0.05, 0.1) is 19.8 Å². The van der Waals surface area contributed by atoms with Crippen LogP contribution in [0.15, 0.2) is 24.4 Å². The number of nitrogens with one attached hydrogen (secondary N) is 2. The number of ether oxygens (including phenoxy) is 4. The van der Waals surface area contributed by atoms with E-state index < -0.39 is 6.09 Å². The van der Waals surface area contributed by atoms with Crippen LogP contribution in [0.1, 0.15) is 25.8 Å². The van der Waals surface area contributed by atoms with Crippen molar-refractivity contribution in [2.24, 2.45) is 0 Å². The standard InChI is InChI=1S/C21H25N3O5/c1-12-8-21(2,24-12)11-29-16-6-5-14-15-7-17(23-20(25)27-4)22-9-13(15)10-28-18(14)19(16)26-3/h5-7,9,12,24H,8,10-11H2,1-4H3,(H,22,23,25). The van der Waals surface area contributed by atoms with Gasteiger partial charge in [0, 0.05) is 23.4 Å². The van der Waals surface area contributed by atoms with Gasteiger partial charge in [0.2, 0.25) is 5.75 Å². The van der Waals surface area contributed by atoms with Crippen molar-refractivity contribution >= 4 is 11.9 Å². The first-order chi connectivity index (χ1) is 13.9. The maximum Gasteiger partial charge on any atom is 0.412 e. The summed E-state index contributed by atoms with van der Waals surface area (Å²) in [5, 5.41) is 6.07. The smallest absolute Gasteiger partial charge is 0.412 e. The van der Waals surface area contributed by atoms with Gasteiger partial charge < -0.3 is 24.3 Å². The van der Waals surface area contributed by atoms with Crippen molar-refractivity contribution in [1.82, 2.24) is 10.3 Å². The number of amides is 1. The average molecular weight is 399 g/mol. The number of fused-ring (bicyclic) bond motifs is 3. The molecular weight excluding hydrogens is 374 g/mol. The molecule has 2 atom stereocenters. The lowest BCUT2D eigenvalue weighted by Crippen LogP contribution is -2.63. The number of methoxy groups -OCH3 is 2. The van der Waals surface area contributed by atoms with Gasteiger partial charge in [-0.2, -0.15) is 0 Å². The molecule has 3 heterocycles. The van der Waals surface area contributed by atoms with Crippen molar-refractivity contribution in [2.75, 3.05) is 26.1 Å². The van der Waals surface area contributed by atoms with Gasteiger partial charge in [-0.1, -0.05) is 0 Å². The van der Waals surface area contributed by atoms with Gasteiger partial charge in [-0.15, -0.1) is 0 Å². The Hall–Kier alpha value is -3.00. The third kappa shape index (κ3) is 3.67. The second-order valence-electron chi connectivity index (χ2n) is 7.70. The highest BCUT2D eigenvalue weighted by molar-refractivity contribution is 5.86. The second-order valence-corrected chi connectivity index (χ2v) is 7.70. The van der Waals surface area contributed by atoms with E-state index in [4.69, 9.17) is 14.2 Å². The number of anilines is 1. The molecule has 154 valence electrons. The molecule has 2 aliphatic rings. The largest absolute Gasteiger partial charge is 0.490 e. The fourth-order valence-corrected chi connectivity index (χ4v) is 4.02. The number of aromatic nitrogens is 1. The zero-order valence-electron chi connectivity index (χ0n) is 17.0. The zero-order valence-corrected chi connectivity index (χ0v) is 17.0. The van der Waals surface area contributed by atoms with Crippen molar-refractivity contribution in [3.63, 3.8) is 0 Å². The molecule has 4 rings (SSSR count). The molecule has 1 aromatic heterocycles. The summed E-state index contributed by atoms with van der Waals surface area (Å²) in [6.45, 7) is 5.20. The molecule has 2 aromatic rings. The summed E-state index contributed by atoms with van der Waals surface area (Å²) < 4.78 is 22.3. The van der Waals surface area contributed by atoms with Crippen molar-refractivity contribution in [3.05, 3.63) is 30.0 Å². The van der Waals surface area contributed by atoms with Crippen LogP contribution in [0.25, 0.3) is 11.1 Å². The zero-order chi connectivity index (χ0) is 20.6. The number of benzene rings is 1. The van der Waals surface area contributed by atoms with Crippen LogP contribution in [0.4, 0.5) is 10.6 Å². The molecule has 2 aliphatic heterocycles. The maximum atomic E-state index is 11.5. The lowest BCUT2D eigenvalue weighted by Gasteiger charge is -2.45. The van der Waals surface area contributed by atoms with E-state index in [1.165, 1.54) is 7.11 Å². The van der Waals surface area contributed by atoms with E-state index in [9.17, 15) is 4.79 Å². The Morgan fingerprint density at radius 2 is 2.17 bits per heavy atom. The number of hydrogen-bond donors (Lipinski definition) is 2. The Balaban J connectivity index is 1.63. The number of rotatable bonds is 5. The highest BCUT2D eigenvalue weighted by Gasteiger charge is 2.38. The fourth-order valence-electron chi connectivity index (χ4n) is 4.02. The monoisotopic (exact) mass is 399 g/mol. The number of carbonyl (C=O) groups excluding carboxylic acids is 1. The molecule has 8 heteroatoms. The van der Waals surface area contributed by atoms with Crippen LogP contribution in [0.3, 0.4) is 0 Å². The Bertz CT molecular complexity index is 940. The Morgan fingerprint density at radius 1 is 1.38 bits per heavy atom. The maximum absolute atomic E-state index is 11.5. The van der Waals surface area contributed by atoms with Crippen LogP contribution in [-0.2, 0) is 11.3 Å². The van der Waals surface area contributed by atoms with E-state index in [0.717, 1.165) is 23.1 Å². The SMILES string of the molecule is COC(=O)Nc1cc2c(cn1)COc1c-2ccc(OCC2(C)CC(C)N2)c1OC. The van der Waals surface area contributed by atoms with Crippen LogP contribution in [-0.4, -0.2) is 43.5 Å². The van der Waals surface area contributed by atoms with E-state index in [1.54, 1.807) is 19.4 Å². The summed E-state index contributed by atoms with van der Waals surface area (Å²) in [7, 11) is 2.91. The first-order valence-electron chi connectivity index (χ1n) is 9.51. The van der Waals surface area contributed by atoms with Crippen LogP contribution >= 0.6 is 0 Å². The molecule has 0 saturated carbocycles. The van der Waals surface area contributed by atoms with Gasteiger partial charge in [0.15, 0.2) is 11.5 Å². The summed E-state index contributed by atoms with van der Waals surface area (Å²) in [5.41, 5.74) is 2.66. The second kappa shape index (κ2) is 7.44. The van der Waals surface area contributed by atoms with Crippen LogP contribution < -0.4 is 24.8 Å². The third-order valence-electron chi connectivity index (χ3n) is 5.24. The minimum absolute atomic E-state index is 0.0338. The molecule has 8 nitrogen and oxygen atoms in total. The minimum Gasteiger partial charge on any atom is -0.490 e. The number of carbonyl (C=O) groups is 1. The Kier molecular flexibility index (Phi) is 4.96. The summed E-state index contributed by atoms with van der Waals surface area (Å²) >= 11 is 0. The molecular formula is C21H25N3O5. The molecule has 0 bridgehead atoms. The van der Waals surface area contributed by atoms with Crippen molar-refractivity contribution < 1.29 is 23.7 Å². The van der Waals surface area contributed by atoms with Crippen molar-refractivity contribution in [2.45, 2.75) is 38.5 Å². The molecule has 0 aliphatic carbocycles. The van der Waals surface area contributed by atoms with E-state index >= 15 is 0 Å². The van der Waals surface area contributed by atoms with Gasteiger partial charge in [0.25, 0.3) is 0 Å². The normalized spacial score (nSPS) is 21.7. The minimum atomic E-state index is -0.571. The van der Waals surface area contributed by atoms with Crippen LogP contribution in [0, 0.1) is 0 Å². The van der Waals surface area contributed by atoms with Crippen LogP contribution in [0.5, 0.6) is 17.2 Å². The number of nitrogens with zero attached hydrogens (tertiary/aromatic N) is 1. The molecule has 1 saturated heterocycles. The first kappa shape index (κ1) is 19.3. The predicted octanol–water partition coefficient (Wildman–Crippen LogP) is 3.35. The van der Waals surface area contributed by atoms with E-state index in [1.807, 2.05) is 12.1 Å². The Morgan fingerprint density at radius 3 is 2.86 bits per heavy atom. The van der Waals surface area contributed by atoms with E-state index in [2.05, 4.69) is 34.2 Å². The molecule has 1 amide bonds. The van der Waals surface area contributed by atoms with Crippen LogP contribution in [0.2, 0.25) is 0 Å². The highest BCUT2D eigenvalue weighted by atomic mass is 16.5. The van der Waals surface area contributed by atoms with Gasteiger partial charge in [-0.3, -0.25) is 5.32 Å². The first-order valence-corrected chi connectivity index (χ1v) is 9.51. The topological polar surface area (TPSA) is 90.9 Å². The van der Waals surface area contributed by atoms with Crippen molar-refractivity contribution in [1.29, 1.82) is 0 Å². The predicted molar refractivity (Wildman–Crippen MR) is 108 cm³/mol. The van der Waals surface area contributed by atoms with Gasteiger partial charge in [-0.25, -0.2) is 9.78 Å². The lowest BCUT2D eigenvalue weighted by molar-refractivity contribution is 0.0930. The molecule has 2 N–H and O–H groups in total. The number of hydrogen-bond acceptors (Lipinski definition) is 7. The summed E-state index contributed by atoms with van der Waals surface area (Å²) in [5.74, 6) is 2.22. The van der Waals surface area contributed by atoms with E-state index in [-0.39, 0.29) is 5.54 Å². The molecule has 1 aromatic carbocycles. The third-order valence-corrected chi connectivity index (χ3v) is 5.24. The molecule has 0 spiro atoms. The van der Waals surface area contributed by atoms with Crippen molar-refractivity contribution in [3.8, 4) is 28.4 Å². The lowest BCUT2D eigenvalue weighted by atomic mass is 9.85. The fraction of sp³-hybridized carbons (Fsp3) is 0.429. The molecule has 0 radical (unpaired) electrons. The summed E-state index contributed by atoms with van der Waals surface area (Å²) in [4.78, 5) is 15.7. The summed E-state index contributed by atoms with van der Waals surface area (Å²) in [6, 6.07) is 6.13. The Labute approximate surface area is 169 Å².